The predicted molar refractivity (Wildman–Crippen MR) is 150 cm³/mol. The van der Waals surface area contributed by atoms with E-state index in [0.29, 0.717) is 11.5 Å². The highest BCUT2D eigenvalue weighted by atomic mass is 16.6. The van der Waals surface area contributed by atoms with E-state index >= 15 is 0 Å². The molecular weight excluding hydrogens is 480 g/mol. The Hall–Kier alpha value is -3.82. The number of nitrogens with one attached hydrogen (secondary N) is 2. The summed E-state index contributed by atoms with van der Waals surface area (Å²) in [6, 6.07) is 16.5. The topological polar surface area (TPSA) is 86.8 Å². The van der Waals surface area contributed by atoms with Gasteiger partial charge in [-0.05, 0) is 44.2 Å². The van der Waals surface area contributed by atoms with Crippen LogP contribution in [0.1, 0.15) is 35.6 Å². The molecule has 0 amide bonds. The minimum atomic E-state index is -0.209. The van der Waals surface area contributed by atoms with Gasteiger partial charge in [-0.25, -0.2) is 9.98 Å². The lowest BCUT2D eigenvalue weighted by molar-refractivity contribution is 0.354. The van der Waals surface area contributed by atoms with Crippen molar-refractivity contribution >= 4 is 22.9 Å². The quantitative estimate of drug-likeness (QED) is 0.437. The van der Waals surface area contributed by atoms with Gasteiger partial charge in [0.1, 0.15) is 11.9 Å². The van der Waals surface area contributed by atoms with Crippen molar-refractivity contribution in [2.75, 3.05) is 56.5 Å². The van der Waals surface area contributed by atoms with E-state index in [1.165, 1.54) is 12.8 Å². The number of rotatable bonds is 8. The van der Waals surface area contributed by atoms with E-state index in [1.807, 2.05) is 38.5 Å². The smallest absolute Gasteiger partial charge is 0.176 e. The van der Waals surface area contributed by atoms with Crippen LogP contribution in [0.25, 0.3) is 0 Å². The second-order valence-corrected chi connectivity index (χ2v) is 9.82. The number of ether oxygens (including phenoxy) is 3. The Kier molecular flexibility index (Phi) is 6.55. The Bertz CT molecular complexity index is 1340. The van der Waals surface area contributed by atoms with Gasteiger partial charge in [0.25, 0.3) is 0 Å². The Morgan fingerprint density at radius 2 is 1.79 bits per heavy atom. The number of anilines is 3. The number of hydrogen-bond acceptors (Lipinski definition) is 9. The number of pyridine rings is 1. The lowest BCUT2D eigenvalue weighted by Gasteiger charge is -2.34. The first kappa shape index (κ1) is 24.5. The van der Waals surface area contributed by atoms with E-state index in [2.05, 4.69) is 55.7 Å². The molecule has 198 valence electrons. The summed E-state index contributed by atoms with van der Waals surface area (Å²) in [7, 11) is 7.22. The summed E-state index contributed by atoms with van der Waals surface area (Å²) in [6.45, 7) is 2.18. The summed E-state index contributed by atoms with van der Waals surface area (Å²) in [5.41, 5.74) is 5.96. The van der Waals surface area contributed by atoms with Crippen LogP contribution in [0.5, 0.6) is 11.5 Å². The number of benzene rings is 2. The third-order valence-corrected chi connectivity index (χ3v) is 7.48. The van der Waals surface area contributed by atoms with Gasteiger partial charge in [-0.15, -0.1) is 0 Å². The number of aliphatic imine (C=N–C) groups is 1. The number of fused-ring (bicyclic) bond motifs is 1. The monoisotopic (exact) mass is 514 g/mol. The molecule has 3 aromatic rings. The average Bonchev–Trinajstić information content (AvgIpc) is 3.49. The van der Waals surface area contributed by atoms with E-state index in [0.717, 1.165) is 52.7 Å². The summed E-state index contributed by atoms with van der Waals surface area (Å²) in [5.74, 6) is 2.41. The summed E-state index contributed by atoms with van der Waals surface area (Å²) in [5, 5.41) is 6.81. The minimum Gasteiger partial charge on any atom is -0.493 e. The van der Waals surface area contributed by atoms with Crippen LogP contribution in [-0.2, 0) is 4.74 Å². The van der Waals surface area contributed by atoms with Crippen molar-refractivity contribution in [2.45, 2.75) is 31.5 Å². The second kappa shape index (κ2) is 10.2. The van der Waals surface area contributed by atoms with Gasteiger partial charge in [0.05, 0.1) is 25.6 Å². The minimum absolute atomic E-state index is 0.00872. The van der Waals surface area contributed by atoms with Crippen molar-refractivity contribution in [1.82, 2.24) is 10.3 Å². The first-order valence-corrected chi connectivity index (χ1v) is 13.1. The summed E-state index contributed by atoms with van der Waals surface area (Å²) >= 11 is 0. The lowest BCUT2D eigenvalue weighted by Crippen LogP contribution is -2.44. The maximum atomic E-state index is 5.98. The zero-order valence-corrected chi connectivity index (χ0v) is 22.3. The molecule has 3 atom stereocenters. The van der Waals surface area contributed by atoms with E-state index in [4.69, 9.17) is 19.2 Å². The molecule has 3 aliphatic heterocycles. The molecule has 0 spiro atoms. The van der Waals surface area contributed by atoms with E-state index in [1.54, 1.807) is 14.2 Å². The fraction of sp³-hybridized carbons (Fsp3) is 0.379. The standard InChI is InChI=1S/C29H34N6O3/c1-30-29-33-26(21-15-23(36-3)24(37-4)16-22(21)34(29)2)18-8-7-9-20(14-18)32-28-27(38-28)19-10-11-25(31-17-19)35-12-5-6-13-35/h7-11,14-17,27-30,32H,5-6,12-13H2,1-4H3. The fourth-order valence-electron chi connectivity index (χ4n) is 5.34. The van der Waals surface area contributed by atoms with Gasteiger partial charge < -0.3 is 29.3 Å². The van der Waals surface area contributed by atoms with Crippen LogP contribution >= 0.6 is 0 Å². The molecule has 2 N–H and O–H groups in total. The van der Waals surface area contributed by atoms with Crippen LogP contribution in [0.3, 0.4) is 0 Å². The largest absolute Gasteiger partial charge is 0.493 e. The van der Waals surface area contributed by atoms with Gasteiger partial charge >= 0.3 is 0 Å². The molecule has 9 nitrogen and oxygen atoms in total. The molecule has 4 heterocycles. The van der Waals surface area contributed by atoms with Crippen molar-refractivity contribution in [3.05, 3.63) is 71.4 Å². The number of methoxy groups -OCH3 is 2. The normalized spacial score (nSPS) is 22.1. The van der Waals surface area contributed by atoms with Gasteiger partial charge in [0.2, 0.25) is 0 Å². The average molecular weight is 515 g/mol. The first-order chi connectivity index (χ1) is 18.6. The molecule has 3 aliphatic rings. The number of hydrogen-bond donors (Lipinski definition) is 2. The Morgan fingerprint density at radius 1 is 1.00 bits per heavy atom. The highest BCUT2D eigenvalue weighted by Crippen LogP contribution is 2.41. The second-order valence-electron chi connectivity index (χ2n) is 9.82. The molecule has 6 rings (SSSR count). The molecule has 9 heteroatoms. The van der Waals surface area contributed by atoms with Gasteiger partial charge in [-0.3, -0.25) is 5.32 Å². The SMILES string of the molecule is CNC1N=C(c2cccc(NC3OC3c3ccc(N4CCCC4)nc3)c2)c2cc(OC)c(OC)cc2N1C. The summed E-state index contributed by atoms with van der Waals surface area (Å²) in [4.78, 5) is 14.1. The Balaban J connectivity index is 1.22. The third kappa shape index (κ3) is 4.52. The highest BCUT2D eigenvalue weighted by molar-refractivity contribution is 6.17. The van der Waals surface area contributed by atoms with Crippen molar-refractivity contribution in [2.24, 2.45) is 4.99 Å². The molecule has 2 fully saturated rings. The molecule has 0 aliphatic carbocycles. The molecule has 1 aromatic heterocycles. The van der Waals surface area contributed by atoms with Crippen LogP contribution in [0.15, 0.2) is 59.7 Å². The van der Waals surface area contributed by atoms with Crippen LogP contribution in [0.4, 0.5) is 17.2 Å². The zero-order valence-electron chi connectivity index (χ0n) is 22.3. The Morgan fingerprint density at radius 3 is 2.50 bits per heavy atom. The maximum absolute atomic E-state index is 5.98. The van der Waals surface area contributed by atoms with Gasteiger partial charge in [0.15, 0.2) is 24.0 Å². The van der Waals surface area contributed by atoms with Crippen molar-refractivity contribution in [1.29, 1.82) is 0 Å². The van der Waals surface area contributed by atoms with Gasteiger partial charge in [0, 0.05) is 54.8 Å². The van der Waals surface area contributed by atoms with Crippen LogP contribution in [0.2, 0.25) is 0 Å². The van der Waals surface area contributed by atoms with Crippen molar-refractivity contribution < 1.29 is 14.2 Å². The number of epoxide rings is 1. The third-order valence-electron chi connectivity index (χ3n) is 7.48. The molecule has 2 saturated heterocycles. The Labute approximate surface area is 223 Å². The van der Waals surface area contributed by atoms with Gasteiger partial charge in [-0.1, -0.05) is 18.2 Å². The molecule has 0 radical (unpaired) electrons. The highest BCUT2D eigenvalue weighted by Gasteiger charge is 2.40. The van der Waals surface area contributed by atoms with Crippen LogP contribution < -0.4 is 29.9 Å². The van der Waals surface area contributed by atoms with E-state index in [-0.39, 0.29) is 18.6 Å². The summed E-state index contributed by atoms with van der Waals surface area (Å²) < 4.78 is 17.1. The molecule has 38 heavy (non-hydrogen) atoms. The molecular formula is C29H34N6O3. The van der Waals surface area contributed by atoms with Crippen molar-refractivity contribution in [3.63, 3.8) is 0 Å². The number of aromatic nitrogens is 1. The van der Waals surface area contributed by atoms with Crippen LogP contribution in [-0.4, -0.2) is 64.6 Å². The molecule has 3 unspecified atom stereocenters. The lowest BCUT2D eigenvalue weighted by atomic mass is 9.97. The fourth-order valence-corrected chi connectivity index (χ4v) is 5.34. The molecule has 0 saturated carbocycles. The maximum Gasteiger partial charge on any atom is 0.176 e. The molecule has 2 aromatic carbocycles. The molecule has 0 bridgehead atoms. The predicted octanol–water partition coefficient (Wildman–Crippen LogP) is 4.00. The van der Waals surface area contributed by atoms with E-state index < -0.39 is 0 Å². The van der Waals surface area contributed by atoms with E-state index in [9.17, 15) is 0 Å². The summed E-state index contributed by atoms with van der Waals surface area (Å²) in [6.07, 6.45) is 4.12. The van der Waals surface area contributed by atoms with Crippen LogP contribution in [0, 0.1) is 0 Å². The number of nitrogens with zero attached hydrogens (tertiary/aromatic N) is 4. The van der Waals surface area contributed by atoms with Gasteiger partial charge in [-0.2, -0.15) is 0 Å². The first-order valence-electron chi connectivity index (χ1n) is 13.1. The zero-order chi connectivity index (χ0) is 26.2. The van der Waals surface area contributed by atoms with Crippen molar-refractivity contribution in [3.8, 4) is 11.5 Å².